The average Bonchev–Trinajstić information content (AvgIpc) is 3.15. The molecule has 3 aliphatic rings. The van der Waals surface area contributed by atoms with Crippen LogP contribution in [0.5, 0.6) is 0 Å². The zero-order valence-electron chi connectivity index (χ0n) is 45.9. The van der Waals surface area contributed by atoms with Gasteiger partial charge in [0.15, 0.2) is 18.7 Å². The molecule has 0 spiro atoms. The van der Waals surface area contributed by atoms with Gasteiger partial charge in [-0.05, 0) is 124 Å². The molecule has 25 heteroatoms. The summed E-state index contributed by atoms with van der Waals surface area (Å²) in [6.45, 7) is 27.1. The summed E-state index contributed by atoms with van der Waals surface area (Å²) in [5.74, 6) is -1.87. The van der Waals surface area contributed by atoms with Crippen LogP contribution in [0.1, 0.15) is 137 Å². The predicted octanol–water partition coefficient (Wildman–Crippen LogP) is 4.05. The molecule has 2 heterocycles. The second kappa shape index (κ2) is 24.2. The van der Waals surface area contributed by atoms with Crippen LogP contribution in [0.3, 0.4) is 0 Å². The maximum Gasteiger partial charge on any atom is 0.410 e. The molecule has 5 unspecified atom stereocenters. The number of amides is 5. The maximum absolute atomic E-state index is 13.9. The molecule has 13 atom stereocenters. The van der Waals surface area contributed by atoms with Gasteiger partial charge >= 0.3 is 42.4 Å². The highest BCUT2D eigenvalue weighted by atomic mass is 16.7. The summed E-state index contributed by atoms with van der Waals surface area (Å²) in [5, 5.41) is 35.3. The normalized spacial score (nSPS) is 30.0. The zero-order chi connectivity index (χ0) is 56.0. The molecule has 0 radical (unpaired) electrons. The van der Waals surface area contributed by atoms with Crippen molar-refractivity contribution in [1.29, 1.82) is 0 Å². The van der Waals surface area contributed by atoms with Crippen molar-refractivity contribution < 1.29 is 95.9 Å². The Balaban J connectivity index is 2.33. The van der Waals surface area contributed by atoms with Crippen molar-refractivity contribution in [3.05, 3.63) is 0 Å². The third-order valence-electron chi connectivity index (χ3n) is 10.5. The second-order valence-electron chi connectivity index (χ2n) is 23.6. The van der Waals surface area contributed by atoms with Gasteiger partial charge in [0.05, 0.1) is 18.8 Å². The molecule has 3 rings (SSSR count). The molecular weight excluding hydrogens is 967 g/mol. The minimum atomic E-state index is -2.08. The van der Waals surface area contributed by atoms with Gasteiger partial charge in [-0.15, -0.1) is 0 Å². The Labute approximate surface area is 428 Å². The molecule has 1 saturated carbocycles. The molecule has 0 aromatic carbocycles. The first-order valence-electron chi connectivity index (χ1n) is 24.3. The van der Waals surface area contributed by atoms with Gasteiger partial charge in [0.25, 0.3) is 0 Å². The molecule has 420 valence electrons. The maximum atomic E-state index is 13.9. The molecule has 6 N–H and O–H groups in total. The molecule has 5 amide bonds. The van der Waals surface area contributed by atoms with Crippen LogP contribution in [0.2, 0.25) is 0 Å². The van der Waals surface area contributed by atoms with Crippen LogP contribution in [-0.2, 0) is 61.7 Å². The Morgan fingerprint density at radius 2 is 1.00 bits per heavy atom. The number of alkyl carbamates (subject to hydrolysis) is 4. The topological polar surface area (TPSA) is 313 Å². The Morgan fingerprint density at radius 1 is 0.589 bits per heavy atom. The molecule has 73 heavy (non-hydrogen) atoms. The molecule has 2 aliphatic heterocycles. The molecular formula is C48H83N5O20. The van der Waals surface area contributed by atoms with Gasteiger partial charge in [0.1, 0.15) is 76.1 Å². The molecule has 25 nitrogen and oxygen atoms in total. The SMILES string of the molecule is CC(=O)OC1[C@@H](NC(=O)OC(C)(C)C)C(O[C@H]2O[C@H](CNC(=O)OC(C)(C)C)CCC2NC(=O)OC(C)(C)C)C(O)[C@@H](O[C@H]2OC[C@](C)(O)[C@H](N(C)C(=O)OC(C)(C)C)C2OC(C)=O)[C@@H]1NC(=O)OC(C)(C)C. The van der Waals surface area contributed by atoms with Crippen LogP contribution in [0.25, 0.3) is 0 Å². The number of carbonyl (C=O) groups is 7. The van der Waals surface area contributed by atoms with E-state index < -0.39 is 156 Å². The lowest BCUT2D eigenvalue weighted by Gasteiger charge is -2.52. The third-order valence-corrected chi connectivity index (χ3v) is 10.5. The second-order valence-corrected chi connectivity index (χ2v) is 23.6. The van der Waals surface area contributed by atoms with Gasteiger partial charge in [-0.25, -0.2) is 24.0 Å². The van der Waals surface area contributed by atoms with Gasteiger partial charge in [-0.3, -0.25) is 9.59 Å². The highest BCUT2D eigenvalue weighted by Crippen LogP contribution is 2.37. The number of nitrogens with zero attached hydrogens (tertiary/aromatic N) is 1. The number of aliphatic hydroxyl groups is 2. The number of nitrogens with one attached hydrogen (secondary N) is 4. The highest BCUT2D eigenvalue weighted by molar-refractivity contribution is 5.72. The molecule has 0 bridgehead atoms. The monoisotopic (exact) mass is 1050 g/mol. The summed E-state index contributed by atoms with van der Waals surface area (Å²) in [7, 11) is 1.30. The van der Waals surface area contributed by atoms with Crippen molar-refractivity contribution in [2.75, 3.05) is 20.2 Å². The zero-order valence-corrected chi connectivity index (χ0v) is 45.9. The minimum absolute atomic E-state index is 0.121. The first-order valence-corrected chi connectivity index (χ1v) is 24.3. The summed E-state index contributed by atoms with van der Waals surface area (Å²) >= 11 is 0. The van der Waals surface area contributed by atoms with Crippen molar-refractivity contribution in [3.8, 4) is 0 Å². The van der Waals surface area contributed by atoms with Gasteiger partial charge < -0.3 is 88.5 Å². The smallest absolute Gasteiger partial charge is 0.410 e. The van der Waals surface area contributed by atoms with Crippen molar-refractivity contribution in [3.63, 3.8) is 0 Å². The lowest BCUT2D eigenvalue weighted by molar-refractivity contribution is -0.321. The van der Waals surface area contributed by atoms with E-state index >= 15 is 0 Å². The number of hydrogen-bond acceptors (Lipinski definition) is 20. The van der Waals surface area contributed by atoms with Crippen molar-refractivity contribution >= 4 is 42.4 Å². The van der Waals surface area contributed by atoms with E-state index in [9.17, 15) is 43.8 Å². The van der Waals surface area contributed by atoms with E-state index in [2.05, 4.69) is 21.3 Å². The van der Waals surface area contributed by atoms with Crippen LogP contribution in [-0.4, -0.2) is 185 Å². The number of carbonyl (C=O) groups excluding carboxylic acids is 7. The molecule has 1 aliphatic carbocycles. The van der Waals surface area contributed by atoms with Crippen LogP contribution in [0.15, 0.2) is 0 Å². The van der Waals surface area contributed by atoms with Crippen molar-refractivity contribution in [2.24, 2.45) is 0 Å². The summed E-state index contributed by atoms with van der Waals surface area (Å²) in [4.78, 5) is 94.6. The molecule has 0 aromatic heterocycles. The van der Waals surface area contributed by atoms with E-state index in [0.717, 1.165) is 18.7 Å². The van der Waals surface area contributed by atoms with E-state index in [-0.39, 0.29) is 19.4 Å². The number of ether oxygens (including phenoxy) is 11. The van der Waals surface area contributed by atoms with E-state index in [1.54, 1.807) is 104 Å². The van der Waals surface area contributed by atoms with E-state index in [4.69, 9.17) is 52.1 Å². The summed E-state index contributed by atoms with van der Waals surface area (Å²) in [6.07, 6.45) is -17.9. The van der Waals surface area contributed by atoms with Gasteiger partial charge in [0, 0.05) is 27.4 Å². The Kier molecular flexibility index (Phi) is 20.6. The number of esters is 2. The lowest BCUT2D eigenvalue weighted by atomic mass is 9.80. The largest absolute Gasteiger partial charge is 0.458 e. The van der Waals surface area contributed by atoms with Gasteiger partial charge in [0.2, 0.25) is 0 Å². The van der Waals surface area contributed by atoms with Crippen LogP contribution >= 0.6 is 0 Å². The fraction of sp³-hybridized carbons (Fsp3) is 0.854. The number of likely N-dealkylation sites (N-methyl/N-ethyl adjacent to an activating group) is 1. The fourth-order valence-corrected chi connectivity index (χ4v) is 8.09. The average molecular weight is 1050 g/mol. The van der Waals surface area contributed by atoms with Crippen molar-refractivity contribution in [2.45, 2.75) is 244 Å². The lowest BCUT2D eigenvalue weighted by Crippen LogP contribution is -2.76. The fourth-order valence-electron chi connectivity index (χ4n) is 8.09. The summed E-state index contributed by atoms with van der Waals surface area (Å²) in [5.41, 5.74) is -6.98. The first kappa shape index (κ1) is 62.3. The Morgan fingerprint density at radius 3 is 1.44 bits per heavy atom. The molecule has 2 saturated heterocycles. The molecule has 3 fully saturated rings. The van der Waals surface area contributed by atoms with E-state index in [1.165, 1.54) is 14.0 Å². The summed E-state index contributed by atoms with van der Waals surface area (Å²) < 4.78 is 65.1. The predicted molar refractivity (Wildman–Crippen MR) is 257 cm³/mol. The van der Waals surface area contributed by atoms with Gasteiger partial charge in [-0.2, -0.15) is 0 Å². The quantitative estimate of drug-likeness (QED) is 0.119. The van der Waals surface area contributed by atoms with Crippen LogP contribution in [0, 0.1) is 0 Å². The number of rotatable bonds is 12. The minimum Gasteiger partial charge on any atom is -0.458 e. The van der Waals surface area contributed by atoms with E-state index in [0.29, 0.717) is 0 Å². The highest BCUT2D eigenvalue weighted by Gasteiger charge is 2.60. The van der Waals surface area contributed by atoms with Crippen LogP contribution in [0.4, 0.5) is 24.0 Å². The van der Waals surface area contributed by atoms with Crippen molar-refractivity contribution in [1.82, 2.24) is 26.2 Å². The number of aliphatic hydroxyl groups excluding tert-OH is 1. The van der Waals surface area contributed by atoms with Crippen LogP contribution < -0.4 is 21.3 Å². The van der Waals surface area contributed by atoms with E-state index in [1.807, 2.05) is 0 Å². The third kappa shape index (κ3) is 20.4. The number of hydrogen-bond donors (Lipinski definition) is 6. The molecule has 0 aromatic rings. The van der Waals surface area contributed by atoms with Gasteiger partial charge in [-0.1, -0.05) is 0 Å². The summed E-state index contributed by atoms with van der Waals surface area (Å²) in [6, 6.07) is -5.95. The Hall–Kier alpha value is -4.95. The first-order chi connectivity index (χ1) is 33.0. The Bertz CT molecular complexity index is 1930. The standard InChI is InChI=1S/C48H83N5O20/c1-24(54)64-31-28(51-40(59)71-45(9,10)11)32(67-36-27(50-39(58)70-44(6,7)8)21-20-26(66-36)22-49-38(57)69-43(3,4)5)30(56)33(29(31)52-41(60)72-46(12,13)14)68-37-34(65-25(2)55)35(48(18,62)23-63-37)53(19)42(61)73-47(15,16)17/h26-37,56,62H,20-23H2,1-19H3,(H,49,57)(H,50,58)(H,51,59)(H,52,60)/t26-,27?,28+,29+,30?,31?,32?,33-,34?,35+,36+,37+,48-/m0/s1.